The van der Waals surface area contributed by atoms with Crippen LogP contribution in [0.25, 0.3) is 0 Å². The highest BCUT2D eigenvalue weighted by molar-refractivity contribution is 6.32. The molecule has 0 amide bonds. The molecule has 0 atom stereocenters. The third-order valence-corrected chi connectivity index (χ3v) is 1.24. The molecule has 1 aromatic rings. The maximum absolute atomic E-state index is 10.2. The first-order chi connectivity index (χ1) is 5.09. The standard InChI is InChI=1S/C5H2Cl2N2O2/c6-3-1-2(4(10)11)8-5(7)9-3/h1H,(H,10,11)/p-1. The number of hydrogen-bond donors (Lipinski definition) is 0. The average molecular weight is 192 g/mol. The lowest BCUT2D eigenvalue weighted by Crippen LogP contribution is -2.23. The van der Waals surface area contributed by atoms with E-state index in [4.69, 9.17) is 23.2 Å². The summed E-state index contributed by atoms with van der Waals surface area (Å²) >= 11 is 10.7. The molecule has 0 unspecified atom stereocenters. The molecule has 0 spiro atoms. The Morgan fingerprint density at radius 3 is 2.55 bits per heavy atom. The van der Waals surface area contributed by atoms with Gasteiger partial charge in [-0.25, -0.2) is 9.97 Å². The highest BCUT2D eigenvalue weighted by atomic mass is 35.5. The molecule has 0 radical (unpaired) electrons. The zero-order valence-corrected chi connectivity index (χ0v) is 6.56. The molecule has 0 aliphatic carbocycles. The smallest absolute Gasteiger partial charge is 0.224 e. The first-order valence-electron chi connectivity index (χ1n) is 2.51. The predicted octanol–water partition coefficient (Wildman–Crippen LogP) is 0.147. The quantitative estimate of drug-likeness (QED) is 0.469. The minimum atomic E-state index is -1.43. The number of carbonyl (C=O) groups excluding carboxylic acids is 1. The Hall–Kier alpha value is -0.870. The van der Waals surface area contributed by atoms with Crippen LogP contribution in [-0.2, 0) is 0 Å². The van der Waals surface area contributed by atoms with Crippen molar-refractivity contribution in [1.82, 2.24) is 9.97 Å². The Balaban J connectivity index is 3.19. The molecule has 0 aliphatic rings. The van der Waals surface area contributed by atoms with Crippen molar-refractivity contribution in [3.05, 3.63) is 22.2 Å². The lowest BCUT2D eigenvalue weighted by atomic mass is 10.4. The van der Waals surface area contributed by atoms with Crippen molar-refractivity contribution in [3.63, 3.8) is 0 Å². The van der Waals surface area contributed by atoms with Crippen LogP contribution < -0.4 is 5.11 Å². The summed E-state index contributed by atoms with van der Waals surface area (Å²) in [5, 5.41) is 9.95. The van der Waals surface area contributed by atoms with Crippen molar-refractivity contribution in [2.75, 3.05) is 0 Å². The van der Waals surface area contributed by atoms with Gasteiger partial charge in [0.25, 0.3) is 0 Å². The van der Waals surface area contributed by atoms with Gasteiger partial charge in [0.15, 0.2) is 0 Å². The number of halogens is 2. The minimum absolute atomic E-state index is 0.0239. The number of carboxylic acid groups (broad SMARTS) is 1. The van der Waals surface area contributed by atoms with Crippen molar-refractivity contribution >= 4 is 29.2 Å². The maximum atomic E-state index is 10.2. The molecule has 0 fully saturated rings. The number of carbonyl (C=O) groups is 1. The van der Waals surface area contributed by atoms with Gasteiger partial charge < -0.3 is 9.90 Å². The second kappa shape index (κ2) is 3.02. The predicted molar refractivity (Wildman–Crippen MR) is 36.4 cm³/mol. The first kappa shape index (κ1) is 8.23. The molecule has 0 aromatic carbocycles. The summed E-state index contributed by atoms with van der Waals surface area (Å²) in [6.45, 7) is 0. The van der Waals surface area contributed by atoms with Gasteiger partial charge in [0.1, 0.15) is 5.15 Å². The molecule has 58 valence electrons. The summed E-state index contributed by atoms with van der Waals surface area (Å²) in [6, 6.07) is 1.06. The number of aromatic nitrogens is 2. The molecule has 0 saturated heterocycles. The van der Waals surface area contributed by atoms with Gasteiger partial charge in [-0.2, -0.15) is 0 Å². The van der Waals surface area contributed by atoms with Gasteiger partial charge in [-0.1, -0.05) is 11.6 Å². The fourth-order valence-corrected chi connectivity index (χ4v) is 0.903. The van der Waals surface area contributed by atoms with Crippen LogP contribution in [0.4, 0.5) is 0 Å². The number of hydrogen-bond acceptors (Lipinski definition) is 4. The number of nitrogens with zero attached hydrogens (tertiary/aromatic N) is 2. The topological polar surface area (TPSA) is 65.9 Å². The summed E-state index contributed by atoms with van der Waals surface area (Å²) < 4.78 is 0. The van der Waals surface area contributed by atoms with Gasteiger partial charge in [-0.3, -0.25) is 0 Å². The number of carboxylic acids is 1. The van der Waals surface area contributed by atoms with Crippen LogP contribution >= 0.6 is 23.2 Å². The van der Waals surface area contributed by atoms with E-state index in [-0.39, 0.29) is 16.1 Å². The van der Waals surface area contributed by atoms with Crippen molar-refractivity contribution < 1.29 is 9.90 Å². The van der Waals surface area contributed by atoms with Crippen LogP contribution in [0, 0.1) is 0 Å². The molecule has 6 heteroatoms. The SMILES string of the molecule is O=C([O-])c1cc(Cl)nc(Cl)n1. The van der Waals surface area contributed by atoms with E-state index in [1.165, 1.54) is 0 Å². The Kier molecular flexibility index (Phi) is 2.26. The minimum Gasteiger partial charge on any atom is -0.543 e. The molecule has 4 nitrogen and oxygen atoms in total. The summed E-state index contributed by atoms with van der Waals surface area (Å²) in [6.07, 6.45) is 0. The molecule has 0 bridgehead atoms. The van der Waals surface area contributed by atoms with Crippen LogP contribution in [-0.4, -0.2) is 15.9 Å². The van der Waals surface area contributed by atoms with E-state index in [0.29, 0.717) is 0 Å². The van der Waals surface area contributed by atoms with Crippen LogP contribution in [0.15, 0.2) is 6.07 Å². The fraction of sp³-hybridized carbons (Fsp3) is 0. The van der Waals surface area contributed by atoms with Crippen LogP contribution in [0.5, 0.6) is 0 Å². The average Bonchev–Trinajstić information content (AvgIpc) is 1.85. The Morgan fingerprint density at radius 1 is 1.45 bits per heavy atom. The zero-order chi connectivity index (χ0) is 8.43. The van der Waals surface area contributed by atoms with Gasteiger partial charge in [0.05, 0.1) is 11.7 Å². The van der Waals surface area contributed by atoms with E-state index < -0.39 is 5.97 Å². The zero-order valence-electron chi connectivity index (χ0n) is 5.04. The van der Waals surface area contributed by atoms with Crippen molar-refractivity contribution in [3.8, 4) is 0 Å². The van der Waals surface area contributed by atoms with Crippen LogP contribution in [0.2, 0.25) is 10.4 Å². The third kappa shape index (κ3) is 2.03. The number of rotatable bonds is 1. The second-order valence-corrected chi connectivity index (χ2v) is 2.36. The second-order valence-electron chi connectivity index (χ2n) is 1.63. The van der Waals surface area contributed by atoms with E-state index in [1.807, 2.05) is 0 Å². The highest BCUT2D eigenvalue weighted by Gasteiger charge is 2.00. The molecule has 11 heavy (non-hydrogen) atoms. The molecular formula is C5HCl2N2O2-. The molecule has 0 saturated carbocycles. The van der Waals surface area contributed by atoms with Crippen molar-refractivity contribution in [2.45, 2.75) is 0 Å². The Labute approximate surface area is 71.8 Å². The maximum Gasteiger partial charge on any atom is 0.224 e. The lowest BCUT2D eigenvalue weighted by molar-refractivity contribution is -0.255. The van der Waals surface area contributed by atoms with Gasteiger partial charge in [0, 0.05) is 6.07 Å². The van der Waals surface area contributed by atoms with Crippen LogP contribution in [0.3, 0.4) is 0 Å². The van der Waals surface area contributed by atoms with Crippen molar-refractivity contribution in [2.24, 2.45) is 0 Å². The summed E-state index contributed by atoms with van der Waals surface area (Å²) in [5.74, 6) is -1.43. The monoisotopic (exact) mass is 191 g/mol. The van der Waals surface area contributed by atoms with Crippen LogP contribution in [0.1, 0.15) is 10.5 Å². The molecule has 1 heterocycles. The largest absolute Gasteiger partial charge is 0.543 e. The summed E-state index contributed by atoms with van der Waals surface area (Å²) in [7, 11) is 0. The molecule has 1 aromatic heterocycles. The lowest BCUT2D eigenvalue weighted by Gasteiger charge is -2.00. The highest BCUT2D eigenvalue weighted by Crippen LogP contribution is 2.09. The van der Waals surface area contributed by atoms with Gasteiger partial charge in [-0.05, 0) is 11.6 Å². The Bertz CT molecular complexity index is 282. The molecule has 0 N–H and O–H groups in total. The molecular weight excluding hydrogens is 191 g/mol. The summed E-state index contributed by atoms with van der Waals surface area (Å²) in [5.41, 5.74) is -0.324. The van der Waals surface area contributed by atoms with Gasteiger partial charge in [0.2, 0.25) is 5.28 Å². The first-order valence-corrected chi connectivity index (χ1v) is 3.26. The number of aromatic carboxylic acids is 1. The van der Waals surface area contributed by atoms with E-state index >= 15 is 0 Å². The normalized spacial score (nSPS) is 9.64. The third-order valence-electron chi connectivity index (χ3n) is 0.877. The van der Waals surface area contributed by atoms with Gasteiger partial charge in [-0.15, -0.1) is 0 Å². The van der Waals surface area contributed by atoms with Crippen molar-refractivity contribution in [1.29, 1.82) is 0 Å². The van der Waals surface area contributed by atoms with Gasteiger partial charge >= 0.3 is 0 Å². The van der Waals surface area contributed by atoms with E-state index in [9.17, 15) is 9.90 Å². The Morgan fingerprint density at radius 2 is 2.09 bits per heavy atom. The van der Waals surface area contributed by atoms with E-state index in [1.54, 1.807) is 0 Å². The summed E-state index contributed by atoms with van der Waals surface area (Å²) in [4.78, 5) is 17.0. The molecule has 1 rings (SSSR count). The fourth-order valence-electron chi connectivity index (χ4n) is 0.494. The van der Waals surface area contributed by atoms with E-state index in [2.05, 4.69) is 9.97 Å². The molecule has 0 aliphatic heterocycles. The van der Waals surface area contributed by atoms with E-state index in [0.717, 1.165) is 6.07 Å².